The van der Waals surface area contributed by atoms with Crippen LogP contribution in [0.3, 0.4) is 0 Å². The lowest BCUT2D eigenvalue weighted by Gasteiger charge is -2.59. The Labute approximate surface area is 153 Å². The summed E-state index contributed by atoms with van der Waals surface area (Å²) in [5.74, 6) is 2.34. The molecule has 4 bridgehead atoms. The summed E-state index contributed by atoms with van der Waals surface area (Å²) >= 11 is 0.969. The molecule has 25 heavy (non-hydrogen) atoms. The Morgan fingerprint density at radius 2 is 1.76 bits per heavy atom. The number of amides is 1. The summed E-state index contributed by atoms with van der Waals surface area (Å²) in [6, 6.07) is 1.61. The number of nitrogens with two attached hydrogens (primary N) is 1. The Kier molecular flexibility index (Phi) is 4.05. The topological polar surface area (TPSA) is 89.3 Å². The third-order valence-electron chi connectivity index (χ3n) is 6.73. The highest BCUT2D eigenvalue weighted by Gasteiger charge is 2.53. The highest BCUT2D eigenvalue weighted by molar-refractivity contribution is 7.91. The van der Waals surface area contributed by atoms with Crippen LogP contribution in [0.2, 0.25) is 0 Å². The van der Waals surface area contributed by atoms with Gasteiger partial charge in [-0.1, -0.05) is 0 Å². The molecule has 1 amide bonds. The molecular formula is C18H26N2O3S2. The van der Waals surface area contributed by atoms with Crippen molar-refractivity contribution in [1.29, 1.82) is 0 Å². The molecule has 4 aliphatic rings. The normalized spacial score (nSPS) is 34.9. The number of sulfonamides is 1. The third kappa shape index (κ3) is 3.04. The zero-order chi connectivity index (χ0) is 18.0. The Morgan fingerprint density at radius 3 is 2.20 bits per heavy atom. The van der Waals surface area contributed by atoms with Gasteiger partial charge in [-0.05, 0) is 87.2 Å². The molecule has 5 nitrogen and oxygen atoms in total. The van der Waals surface area contributed by atoms with Gasteiger partial charge in [-0.15, -0.1) is 11.3 Å². The molecule has 7 heteroatoms. The second-order valence-electron chi connectivity index (χ2n) is 8.60. The SMILES string of the molecule is Cc1cc(S(N)(=O)=O)sc1C(=O)NC(C)C12CC3CC(CC(C3)C1)C2. The average molecular weight is 383 g/mol. The van der Waals surface area contributed by atoms with Gasteiger partial charge < -0.3 is 5.32 Å². The molecule has 0 aromatic carbocycles. The number of thiophene rings is 1. The first-order chi connectivity index (χ1) is 11.7. The highest BCUT2D eigenvalue weighted by Crippen LogP contribution is 2.61. The Morgan fingerprint density at radius 1 is 1.24 bits per heavy atom. The second kappa shape index (κ2) is 5.79. The Balaban J connectivity index is 1.52. The largest absolute Gasteiger partial charge is 0.348 e. The first-order valence-corrected chi connectivity index (χ1v) is 11.5. The average Bonchev–Trinajstić information content (AvgIpc) is 2.88. The van der Waals surface area contributed by atoms with E-state index in [4.69, 9.17) is 5.14 Å². The first-order valence-electron chi connectivity index (χ1n) is 9.10. The molecule has 1 unspecified atom stereocenters. The molecule has 138 valence electrons. The van der Waals surface area contributed by atoms with Gasteiger partial charge in [-0.2, -0.15) is 0 Å². The van der Waals surface area contributed by atoms with E-state index in [1.165, 1.54) is 44.6 Å². The standard InChI is InChI=1S/C18H26N2O3S2/c1-10-3-15(25(19,22)23)24-16(10)17(21)20-11(2)18-7-12-4-13(8-18)6-14(5-12)9-18/h3,11-14H,4-9H2,1-2H3,(H,20,21)(H2,19,22,23). The zero-order valence-corrected chi connectivity index (χ0v) is 16.4. The number of aryl methyl sites for hydroxylation is 1. The van der Waals surface area contributed by atoms with Crippen molar-refractivity contribution in [3.63, 3.8) is 0 Å². The molecule has 1 aromatic rings. The van der Waals surface area contributed by atoms with E-state index in [-0.39, 0.29) is 21.6 Å². The van der Waals surface area contributed by atoms with Crippen LogP contribution in [-0.4, -0.2) is 20.4 Å². The van der Waals surface area contributed by atoms with Gasteiger partial charge in [0.25, 0.3) is 5.91 Å². The molecule has 1 aromatic heterocycles. The molecule has 5 rings (SSSR count). The number of hydrogen-bond donors (Lipinski definition) is 2. The predicted molar refractivity (Wildman–Crippen MR) is 98.0 cm³/mol. The van der Waals surface area contributed by atoms with E-state index in [0.717, 1.165) is 29.1 Å². The van der Waals surface area contributed by atoms with Gasteiger partial charge in [0.15, 0.2) is 0 Å². The fourth-order valence-electron chi connectivity index (χ4n) is 5.94. The van der Waals surface area contributed by atoms with Gasteiger partial charge in [-0.25, -0.2) is 13.6 Å². The molecule has 0 saturated heterocycles. The van der Waals surface area contributed by atoms with Gasteiger partial charge in [0, 0.05) is 6.04 Å². The number of carbonyl (C=O) groups is 1. The number of primary sulfonamides is 1. The van der Waals surface area contributed by atoms with Crippen LogP contribution in [0, 0.1) is 30.1 Å². The summed E-state index contributed by atoms with van der Waals surface area (Å²) in [5.41, 5.74) is 0.905. The van der Waals surface area contributed by atoms with Crippen LogP contribution < -0.4 is 10.5 Å². The van der Waals surface area contributed by atoms with Crippen LogP contribution in [0.15, 0.2) is 10.3 Å². The van der Waals surface area contributed by atoms with Crippen molar-refractivity contribution in [1.82, 2.24) is 5.32 Å². The van der Waals surface area contributed by atoms with E-state index in [9.17, 15) is 13.2 Å². The molecule has 1 heterocycles. The van der Waals surface area contributed by atoms with Crippen LogP contribution in [0.1, 0.15) is 60.7 Å². The van der Waals surface area contributed by atoms with Crippen LogP contribution in [0.5, 0.6) is 0 Å². The summed E-state index contributed by atoms with van der Waals surface area (Å²) in [6.07, 6.45) is 7.82. The zero-order valence-electron chi connectivity index (χ0n) is 14.7. The summed E-state index contributed by atoms with van der Waals surface area (Å²) in [5, 5.41) is 8.39. The van der Waals surface area contributed by atoms with Crippen molar-refractivity contribution in [3.8, 4) is 0 Å². The second-order valence-corrected chi connectivity index (χ2v) is 11.4. The Hall–Kier alpha value is -0.920. The maximum atomic E-state index is 12.8. The van der Waals surface area contributed by atoms with Crippen LogP contribution >= 0.6 is 11.3 Å². The first kappa shape index (κ1) is 17.5. The van der Waals surface area contributed by atoms with Crippen molar-refractivity contribution >= 4 is 27.3 Å². The lowest BCUT2D eigenvalue weighted by molar-refractivity contribution is -0.0687. The van der Waals surface area contributed by atoms with E-state index in [2.05, 4.69) is 12.2 Å². The molecule has 1 atom stereocenters. The van der Waals surface area contributed by atoms with Crippen molar-refractivity contribution in [2.45, 2.75) is 62.6 Å². The minimum Gasteiger partial charge on any atom is -0.348 e. The smallest absolute Gasteiger partial charge is 0.261 e. The summed E-state index contributed by atoms with van der Waals surface area (Å²) in [7, 11) is -3.76. The van der Waals surface area contributed by atoms with Gasteiger partial charge >= 0.3 is 0 Å². The van der Waals surface area contributed by atoms with Crippen molar-refractivity contribution in [2.24, 2.45) is 28.3 Å². The van der Waals surface area contributed by atoms with Crippen LogP contribution in [-0.2, 0) is 10.0 Å². The predicted octanol–water partition coefficient (Wildman–Crippen LogP) is 3.04. The maximum Gasteiger partial charge on any atom is 0.261 e. The van der Waals surface area contributed by atoms with Crippen LogP contribution in [0.25, 0.3) is 0 Å². The van der Waals surface area contributed by atoms with E-state index >= 15 is 0 Å². The molecule has 0 spiro atoms. The van der Waals surface area contributed by atoms with Gasteiger partial charge in [-0.3, -0.25) is 4.79 Å². The molecular weight excluding hydrogens is 356 g/mol. The van der Waals surface area contributed by atoms with Gasteiger partial charge in [0.2, 0.25) is 10.0 Å². The van der Waals surface area contributed by atoms with Gasteiger partial charge in [0.1, 0.15) is 4.21 Å². The third-order valence-corrected chi connectivity index (χ3v) is 9.39. The highest BCUT2D eigenvalue weighted by atomic mass is 32.2. The van der Waals surface area contributed by atoms with E-state index < -0.39 is 10.0 Å². The monoisotopic (exact) mass is 382 g/mol. The minimum atomic E-state index is -3.76. The molecule has 0 radical (unpaired) electrons. The van der Waals surface area contributed by atoms with Crippen molar-refractivity contribution in [3.05, 3.63) is 16.5 Å². The van der Waals surface area contributed by atoms with Crippen molar-refractivity contribution < 1.29 is 13.2 Å². The molecule has 0 aliphatic heterocycles. The van der Waals surface area contributed by atoms with E-state index in [0.29, 0.717) is 10.4 Å². The molecule has 4 aliphatic carbocycles. The number of rotatable bonds is 4. The van der Waals surface area contributed by atoms with E-state index in [1.54, 1.807) is 6.92 Å². The molecule has 4 fully saturated rings. The van der Waals surface area contributed by atoms with E-state index in [1.807, 2.05) is 0 Å². The summed E-state index contributed by atoms with van der Waals surface area (Å²) < 4.78 is 23.1. The minimum absolute atomic E-state index is 0.0533. The van der Waals surface area contributed by atoms with Gasteiger partial charge in [0.05, 0.1) is 4.88 Å². The number of carbonyl (C=O) groups excluding carboxylic acids is 1. The fraction of sp³-hybridized carbons (Fsp3) is 0.722. The lowest BCUT2D eigenvalue weighted by atomic mass is 9.48. The number of nitrogens with one attached hydrogen (secondary N) is 1. The molecule has 3 N–H and O–H groups in total. The Bertz CT molecular complexity index is 777. The van der Waals surface area contributed by atoms with Crippen LogP contribution in [0.4, 0.5) is 0 Å². The summed E-state index contributed by atoms with van der Waals surface area (Å²) in [6.45, 7) is 3.89. The quantitative estimate of drug-likeness (QED) is 0.839. The number of hydrogen-bond acceptors (Lipinski definition) is 4. The fourth-order valence-corrected chi connectivity index (χ4v) is 7.81. The lowest BCUT2D eigenvalue weighted by Crippen LogP contribution is -2.55. The maximum absolute atomic E-state index is 12.8. The summed E-state index contributed by atoms with van der Waals surface area (Å²) in [4.78, 5) is 13.2. The van der Waals surface area contributed by atoms with Crippen molar-refractivity contribution in [2.75, 3.05) is 0 Å². The molecule has 4 saturated carbocycles.